The molecule has 0 aromatic rings. The molecule has 4 nitrogen and oxygen atoms in total. The highest BCUT2D eigenvalue weighted by Crippen LogP contribution is 2.00. The van der Waals surface area contributed by atoms with Gasteiger partial charge in [-0.25, -0.2) is 0 Å². The van der Waals surface area contributed by atoms with Crippen LogP contribution in [0, 0.1) is 0 Å². The third kappa shape index (κ3) is 2.39. The predicted molar refractivity (Wildman–Crippen MR) is 44.7 cm³/mol. The highest BCUT2D eigenvalue weighted by Gasteiger charge is 2.07. The van der Waals surface area contributed by atoms with Crippen molar-refractivity contribution in [2.45, 2.75) is 6.42 Å². The van der Waals surface area contributed by atoms with Crippen LogP contribution in [0.4, 0.5) is 0 Å². The summed E-state index contributed by atoms with van der Waals surface area (Å²) in [5.74, 6) is -0.0720. The maximum absolute atomic E-state index is 11.2. The molecule has 1 heterocycles. The molecule has 0 aliphatic carbocycles. The first-order valence-corrected chi connectivity index (χ1v) is 3.84. The minimum Gasteiger partial charge on any atom is -0.471 e. The van der Waals surface area contributed by atoms with E-state index in [-0.39, 0.29) is 5.91 Å². The molecule has 0 spiro atoms. The van der Waals surface area contributed by atoms with Gasteiger partial charge < -0.3 is 15.4 Å². The van der Waals surface area contributed by atoms with Crippen molar-refractivity contribution in [2.75, 3.05) is 13.1 Å². The molecular weight excluding hydrogens is 156 g/mol. The van der Waals surface area contributed by atoms with E-state index < -0.39 is 0 Å². The van der Waals surface area contributed by atoms with Crippen molar-refractivity contribution in [1.29, 1.82) is 0 Å². The van der Waals surface area contributed by atoms with Crippen LogP contribution in [0.15, 0.2) is 24.8 Å². The Morgan fingerprint density at radius 3 is 3.08 bits per heavy atom. The lowest BCUT2D eigenvalue weighted by Gasteiger charge is -2.13. The van der Waals surface area contributed by atoms with Crippen LogP contribution in [-0.2, 0) is 9.53 Å². The molecule has 1 amide bonds. The van der Waals surface area contributed by atoms with E-state index >= 15 is 0 Å². The van der Waals surface area contributed by atoms with Gasteiger partial charge in [0.1, 0.15) is 6.26 Å². The van der Waals surface area contributed by atoms with Crippen molar-refractivity contribution in [1.82, 2.24) is 4.90 Å². The van der Waals surface area contributed by atoms with Crippen LogP contribution in [0.5, 0.6) is 0 Å². The summed E-state index contributed by atoms with van der Waals surface area (Å²) in [5, 5.41) is 0. The van der Waals surface area contributed by atoms with E-state index in [1.807, 2.05) is 0 Å². The maximum atomic E-state index is 11.2. The molecule has 0 bridgehead atoms. The second-order valence-electron chi connectivity index (χ2n) is 2.40. The lowest BCUT2D eigenvalue weighted by Crippen LogP contribution is -2.25. The number of nitrogens with zero attached hydrogens (tertiary/aromatic N) is 1. The van der Waals surface area contributed by atoms with Crippen LogP contribution in [0.2, 0.25) is 0 Å². The molecule has 0 saturated heterocycles. The van der Waals surface area contributed by atoms with E-state index in [2.05, 4.69) is 0 Å². The number of rotatable bonds is 3. The minimum absolute atomic E-state index is 0.0720. The lowest BCUT2D eigenvalue weighted by molar-refractivity contribution is -0.123. The summed E-state index contributed by atoms with van der Waals surface area (Å²) in [7, 11) is 0. The van der Waals surface area contributed by atoms with E-state index in [4.69, 9.17) is 10.5 Å². The van der Waals surface area contributed by atoms with Crippen molar-refractivity contribution >= 4 is 5.91 Å². The number of hydrogen-bond acceptors (Lipinski definition) is 3. The van der Waals surface area contributed by atoms with Gasteiger partial charge in [0.25, 0.3) is 5.91 Å². The molecule has 66 valence electrons. The molecule has 12 heavy (non-hydrogen) atoms. The fourth-order valence-electron chi connectivity index (χ4n) is 0.867. The number of nitrogens with two attached hydrogens (primary N) is 1. The molecule has 2 N–H and O–H groups in total. The molecule has 0 aromatic heterocycles. The number of amides is 1. The van der Waals surface area contributed by atoms with Gasteiger partial charge in [-0.3, -0.25) is 4.79 Å². The molecule has 1 aliphatic rings. The molecule has 0 unspecified atom stereocenters. The Balaban J connectivity index is 2.49. The number of carbonyl (C=O) groups excluding carboxylic acids is 1. The zero-order chi connectivity index (χ0) is 8.81. The number of ether oxygens (including phenoxy) is 1. The first-order valence-electron chi connectivity index (χ1n) is 3.84. The Bertz CT molecular complexity index is 211. The number of hydrogen-bond donors (Lipinski definition) is 1. The van der Waals surface area contributed by atoms with Crippen LogP contribution in [0.25, 0.3) is 0 Å². The van der Waals surface area contributed by atoms with Gasteiger partial charge >= 0.3 is 0 Å². The van der Waals surface area contributed by atoms with Gasteiger partial charge in [0.2, 0.25) is 0 Å². The van der Waals surface area contributed by atoms with Crippen LogP contribution in [-0.4, -0.2) is 23.9 Å². The fraction of sp³-hybridized carbons (Fsp3) is 0.375. The summed E-state index contributed by atoms with van der Waals surface area (Å²) in [6.45, 7) is 1.22. The summed E-state index contributed by atoms with van der Waals surface area (Å²) in [6.07, 6.45) is 6.62. The summed E-state index contributed by atoms with van der Waals surface area (Å²) in [4.78, 5) is 12.8. The standard InChI is InChI=1S/C8H12N2O2/c9-3-1-4-10-5-7-12-6-2-8(10)11/h2,5-7H,1,3-4,9H2. The Hall–Kier alpha value is -1.29. The van der Waals surface area contributed by atoms with E-state index in [1.54, 1.807) is 11.1 Å². The summed E-state index contributed by atoms with van der Waals surface area (Å²) < 4.78 is 4.82. The quantitative estimate of drug-likeness (QED) is 0.654. The van der Waals surface area contributed by atoms with Crippen LogP contribution < -0.4 is 5.73 Å². The summed E-state index contributed by atoms with van der Waals surface area (Å²) in [5.41, 5.74) is 5.32. The van der Waals surface area contributed by atoms with Crippen molar-refractivity contribution in [3.8, 4) is 0 Å². The van der Waals surface area contributed by atoms with E-state index in [0.29, 0.717) is 13.1 Å². The zero-order valence-electron chi connectivity index (χ0n) is 6.77. The van der Waals surface area contributed by atoms with Crippen LogP contribution in [0.3, 0.4) is 0 Å². The normalized spacial score (nSPS) is 16.1. The average Bonchev–Trinajstić information content (AvgIpc) is 2.27. The predicted octanol–water partition coefficient (Wildman–Crippen LogP) is 0.179. The van der Waals surface area contributed by atoms with Gasteiger partial charge in [-0.15, -0.1) is 0 Å². The zero-order valence-corrected chi connectivity index (χ0v) is 6.77. The molecule has 0 fully saturated rings. The maximum Gasteiger partial charge on any atom is 0.253 e. The SMILES string of the molecule is NCCCN1C=COC=CC1=O. The Morgan fingerprint density at radius 1 is 1.50 bits per heavy atom. The molecule has 1 rings (SSSR count). The van der Waals surface area contributed by atoms with Gasteiger partial charge in [-0.1, -0.05) is 0 Å². The van der Waals surface area contributed by atoms with Gasteiger partial charge in [-0.05, 0) is 13.0 Å². The van der Waals surface area contributed by atoms with Crippen molar-refractivity contribution in [3.05, 3.63) is 24.8 Å². The van der Waals surface area contributed by atoms with E-state index in [1.165, 1.54) is 18.6 Å². The molecule has 4 heteroatoms. The second kappa shape index (κ2) is 4.56. The van der Waals surface area contributed by atoms with Gasteiger partial charge in [0.15, 0.2) is 0 Å². The third-order valence-corrected chi connectivity index (χ3v) is 1.49. The first-order chi connectivity index (χ1) is 5.84. The molecular formula is C8H12N2O2. The highest BCUT2D eigenvalue weighted by atomic mass is 16.5. The fourth-order valence-corrected chi connectivity index (χ4v) is 0.867. The van der Waals surface area contributed by atoms with Crippen molar-refractivity contribution in [2.24, 2.45) is 5.73 Å². The molecule has 0 saturated carbocycles. The van der Waals surface area contributed by atoms with Crippen molar-refractivity contribution < 1.29 is 9.53 Å². The molecule has 0 radical (unpaired) electrons. The average molecular weight is 168 g/mol. The van der Waals surface area contributed by atoms with Crippen molar-refractivity contribution in [3.63, 3.8) is 0 Å². The highest BCUT2D eigenvalue weighted by molar-refractivity contribution is 5.88. The second-order valence-corrected chi connectivity index (χ2v) is 2.40. The number of carbonyl (C=O) groups is 1. The van der Waals surface area contributed by atoms with Gasteiger partial charge in [0, 0.05) is 18.8 Å². The molecule has 0 aromatic carbocycles. The van der Waals surface area contributed by atoms with Gasteiger partial charge in [-0.2, -0.15) is 0 Å². The van der Waals surface area contributed by atoms with E-state index in [0.717, 1.165) is 6.42 Å². The summed E-state index contributed by atoms with van der Waals surface area (Å²) >= 11 is 0. The first kappa shape index (κ1) is 8.80. The summed E-state index contributed by atoms with van der Waals surface area (Å²) in [6, 6.07) is 0. The monoisotopic (exact) mass is 168 g/mol. The Kier molecular flexibility index (Phi) is 3.35. The smallest absolute Gasteiger partial charge is 0.253 e. The largest absolute Gasteiger partial charge is 0.471 e. The molecule has 1 aliphatic heterocycles. The lowest BCUT2D eigenvalue weighted by atomic mass is 10.4. The van der Waals surface area contributed by atoms with E-state index in [9.17, 15) is 4.79 Å². The van der Waals surface area contributed by atoms with Gasteiger partial charge in [0.05, 0.1) is 6.26 Å². The van der Waals surface area contributed by atoms with Crippen LogP contribution >= 0.6 is 0 Å². The molecule has 0 atom stereocenters. The third-order valence-electron chi connectivity index (χ3n) is 1.49. The Morgan fingerprint density at radius 2 is 2.33 bits per heavy atom. The Labute approximate surface area is 71.3 Å². The van der Waals surface area contributed by atoms with Crippen LogP contribution in [0.1, 0.15) is 6.42 Å². The minimum atomic E-state index is -0.0720. The topological polar surface area (TPSA) is 55.6 Å².